The number of nitrogens with one attached hydrogen (secondary N) is 1. The Labute approximate surface area is 124 Å². The molecule has 2 rings (SSSR count). The molecule has 1 fully saturated rings. The Balaban J connectivity index is 1.97. The number of benzene rings is 1. The van der Waals surface area contributed by atoms with Crippen molar-refractivity contribution in [3.05, 3.63) is 23.8 Å². The van der Waals surface area contributed by atoms with E-state index in [0.29, 0.717) is 24.3 Å². The number of halogens is 2. The van der Waals surface area contributed by atoms with Crippen LogP contribution in [0.1, 0.15) is 38.2 Å². The van der Waals surface area contributed by atoms with Gasteiger partial charge in [-0.1, -0.05) is 25.8 Å². The van der Waals surface area contributed by atoms with Gasteiger partial charge in [-0.15, -0.1) is 0 Å². The van der Waals surface area contributed by atoms with Gasteiger partial charge in [-0.2, -0.15) is 8.78 Å². The van der Waals surface area contributed by atoms with Crippen molar-refractivity contribution in [1.82, 2.24) is 5.32 Å². The average molecular weight is 299 g/mol. The molecule has 0 aromatic heterocycles. The van der Waals surface area contributed by atoms with E-state index < -0.39 is 6.61 Å². The zero-order chi connectivity index (χ0) is 15.2. The Morgan fingerprint density at radius 3 is 2.67 bits per heavy atom. The highest BCUT2D eigenvalue weighted by molar-refractivity contribution is 5.43. The summed E-state index contributed by atoms with van der Waals surface area (Å²) in [5.41, 5.74) is 1.01. The number of methoxy groups -OCH3 is 1. The number of hydrogen-bond donors (Lipinski definition) is 1. The number of hydrogen-bond acceptors (Lipinski definition) is 3. The van der Waals surface area contributed by atoms with Crippen molar-refractivity contribution in [3.63, 3.8) is 0 Å². The summed E-state index contributed by atoms with van der Waals surface area (Å²) in [6, 6.07) is 5.60. The topological polar surface area (TPSA) is 30.5 Å². The maximum Gasteiger partial charge on any atom is 0.387 e. The number of alkyl halides is 2. The molecule has 1 aliphatic rings. The molecule has 2 unspecified atom stereocenters. The van der Waals surface area contributed by atoms with Crippen molar-refractivity contribution in [3.8, 4) is 11.5 Å². The first-order chi connectivity index (χ1) is 10.1. The highest BCUT2D eigenvalue weighted by atomic mass is 19.3. The summed E-state index contributed by atoms with van der Waals surface area (Å²) >= 11 is 0. The third-order valence-electron chi connectivity index (χ3n) is 4.12. The largest absolute Gasteiger partial charge is 0.493 e. The molecule has 0 heterocycles. The van der Waals surface area contributed by atoms with E-state index in [4.69, 9.17) is 4.74 Å². The average Bonchev–Trinajstić information content (AvgIpc) is 2.47. The lowest BCUT2D eigenvalue weighted by molar-refractivity contribution is -0.0512. The predicted molar refractivity (Wildman–Crippen MR) is 77.9 cm³/mol. The van der Waals surface area contributed by atoms with E-state index in [1.54, 1.807) is 12.1 Å². The second-order valence-electron chi connectivity index (χ2n) is 5.61. The van der Waals surface area contributed by atoms with Gasteiger partial charge in [0, 0.05) is 12.6 Å². The Bertz CT molecular complexity index is 454. The first-order valence-corrected chi connectivity index (χ1v) is 7.45. The summed E-state index contributed by atoms with van der Waals surface area (Å²) in [6.07, 6.45) is 5.05. The summed E-state index contributed by atoms with van der Waals surface area (Å²) < 4.78 is 34.1. The zero-order valence-corrected chi connectivity index (χ0v) is 12.6. The lowest BCUT2D eigenvalue weighted by atomic mass is 9.86. The molecule has 0 amide bonds. The highest BCUT2D eigenvalue weighted by Crippen LogP contribution is 2.30. The standard InChI is InChI=1S/C16H23F2NO2/c1-11-5-3-4-6-13(11)19-10-12-7-8-14(21-16(17)18)15(9-12)20-2/h7-9,11,13,16,19H,3-6,10H2,1-2H3. The van der Waals surface area contributed by atoms with E-state index in [1.165, 1.54) is 38.9 Å². The van der Waals surface area contributed by atoms with Crippen LogP contribution in [0.5, 0.6) is 11.5 Å². The molecule has 0 aliphatic heterocycles. The molecule has 21 heavy (non-hydrogen) atoms. The molecular formula is C16H23F2NO2. The number of ether oxygens (including phenoxy) is 2. The maximum atomic E-state index is 12.3. The Hall–Kier alpha value is -1.36. The van der Waals surface area contributed by atoms with E-state index in [9.17, 15) is 8.78 Å². The third kappa shape index (κ3) is 4.56. The molecule has 5 heteroatoms. The van der Waals surface area contributed by atoms with Crippen molar-refractivity contribution in [1.29, 1.82) is 0 Å². The van der Waals surface area contributed by atoms with E-state index >= 15 is 0 Å². The molecule has 1 aliphatic carbocycles. The minimum atomic E-state index is -2.84. The Morgan fingerprint density at radius 2 is 2.00 bits per heavy atom. The van der Waals surface area contributed by atoms with Crippen molar-refractivity contribution in [2.45, 2.75) is 51.8 Å². The quantitative estimate of drug-likeness (QED) is 0.862. The van der Waals surface area contributed by atoms with Gasteiger partial charge >= 0.3 is 6.61 Å². The van der Waals surface area contributed by atoms with Crippen LogP contribution in [0.25, 0.3) is 0 Å². The van der Waals surface area contributed by atoms with Crippen molar-refractivity contribution in [2.24, 2.45) is 5.92 Å². The third-order valence-corrected chi connectivity index (χ3v) is 4.12. The summed E-state index contributed by atoms with van der Waals surface area (Å²) in [6.45, 7) is 0.142. The monoisotopic (exact) mass is 299 g/mol. The van der Waals surface area contributed by atoms with Gasteiger partial charge in [0.25, 0.3) is 0 Å². The predicted octanol–water partition coefficient (Wildman–Crippen LogP) is 3.96. The molecule has 0 saturated heterocycles. The molecule has 1 N–H and O–H groups in total. The van der Waals surface area contributed by atoms with Crippen LogP contribution in [-0.4, -0.2) is 19.8 Å². The molecule has 0 radical (unpaired) electrons. The highest BCUT2D eigenvalue weighted by Gasteiger charge is 2.20. The van der Waals surface area contributed by atoms with Gasteiger partial charge < -0.3 is 14.8 Å². The minimum absolute atomic E-state index is 0.0716. The second-order valence-corrected chi connectivity index (χ2v) is 5.61. The summed E-state index contributed by atoms with van der Waals surface area (Å²) in [4.78, 5) is 0. The first-order valence-electron chi connectivity index (χ1n) is 7.45. The summed E-state index contributed by atoms with van der Waals surface area (Å²) in [5.74, 6) is 1.09. The maximum absolute atomic E-state index is 12.3. The fraction of sp³-hybridized carbons (Fsp3) is 0.625. The van der Waals surface area contributed by atoms with Crippen molar-refractivity contribution < 1.29 is 18.3 Å². The van der Waals surface area contributed by atoms with Gasteiger partial charge in [0.2, 0.25) is 0 Å². The van der Waals surface area contributed by atoms with Gasteiger partial charge in [0.15, 0.2) is 11.5 Å². The van der Waals surface area contributed by atoms with Crippen LogP contribution < -0.4 is 14.8 Å². The van der Waals surface area contributed by atoms with Gasteiger partial charge in [-0.25, -0.2) is 0 Å². The number of rotatable bonds is 6. The zero-order valence-electron chi connectivity index (χ0n) is 12.6. The summed E-state index contributed by atoms with van der Waals surface area (Å²) in [5, 5.41) is 3.55. The van der Waals surface area contributed by atoms with E-state index in [0.717, 1.165) is 5.56 Å². The summed E-state index contributed by atoms with van der Waals surface area (Å²) in [7, 11) is 1.45. The van der Waals surface area contributed by atoms with E-state index in [-0.39, 0.29) is 5.75 Å². The van der Waals surface area contributed by atoms with Crippen LogP contribution in [0.15, 0.2) is 18.2 Å². The smallest absolute Gasteiger partial charge is 0.387 e. The molecule has 0 spiro atoms. The molecule has 0 bridgehead atoms. The van der Waals surface area contributed by atoms with Gasteiger partial charge in [-0.3, -0.25) is 0 Å². The minimum Gasteiger partial charge on any atom is -0.493 e. The molecule has 2 atom stereocenters. The van der Waals surface area contributed by atoms with Crippen LogP contribution in [0, 0.1) is 5.92 Å². The fourth-order valence-corrected chi connectivity index (χ4v) is 2.88. The molecule has 1 aromatic carbocycles. The van der Waals surface area contributed by atoms with Gasteiger partial charge in [-0.05, 0) is 36.5 Å². The second kappa shape index (κ2) is 7.59. The first kappa shape index (κ1) is 16.0. The molecule has 3 nitrogen and oxygen atoms in total. The lowest BCUT2D eigenvalue weighted by Gasteiger charge is -2.29. The SMILES string of the molecule is COc1cc(CNC2CCCCC2C)ccc1OC(F)F. The Kier molecular flexibility index (Phi) is 5.79. The van der Waals surface area contributed by atoms with Gasteiger partial charge in [0.1, 0.15) is 0 Å². The molecule has 1 saturated carbocycles. The van der Waals surface area contributed by atoms with Crippen molar-refractivity contribution >= 4 is 0 Å². The van der Waals surface area contributed by atoms with Crippen LogP contribution in [0.4, 0.5) is 8.78 Å². The van der Waals surface area contributed by atoms with Crippen molar-refractivity contribution in [2.75, 3.05) is 7.11 Å². The molecule has 1 aromatic rings. The van der Waals surface area contributed by atoms with Gasteiger partial charge in [0.05, 0.1) is 7.11 Å². The Morgan fingerprint density at radius 1 is 1.24 bits per heavy atom. The fourth-order valence-electron chi connectivity index (χ4n) is 2.88. The normalized spacial score (nSPS) is 22.3. The van der Waals surface area contributed by atoms with E-state index in [1.807, 2.05) is 0 Å². The lowest BCUT2D eigenvalue weighted by Crippen LogP contribution is -2.36. The van der Waals surface area contributed by atoms with Crippen LogP contribution in [0.2, 0.25) is 0 Å². The van der Waals surface area contributed by atoms with Crippen LogP contribution >= 0.6 is 0 Å². The van der Waals surface area contributed by atoms with Crippen LogP contribution in [-0.2, 0) is 6.54 Å². The van der Waals surface area contributed by atoms with E-state index in [2.05, 4.69) is 17.0 Å². The molecule has 118 valence electrons. The molecular weight excluding hydrogens is 276 g/mol. The van der Waals surface area contributed by atoms with Crippen LogP contribution in [0.3, 0.4) is 0 Å².